The smallest absolute Gasteiger partial charge is 0.230 e. The van der Waals surface area contributed by atoms with Crippen LogP contribution in [-0.4, -0.2) is 37.7 Å². The highest BCUT2D eigenvalue weighted by Gasteiger charge is 2.25. The Labute approximate surface area is 118 Å². The lowest BCUT2D eigenvalue weighted by Gasteiger charge is -2.32. The van der Waals surface area contributed by atoms with Crippen LogP contribution in [0.15, 0.2) is 24.3 Å². The molecule has 2 rings (SSSR count). The number of morpholine rings is 1. The molecular formula is C15H22FN2O2+. The molecule has 20 heavy (non-hydrogen) atoms. The second-order valence-electron chi connectivity index (χ2n) is 5.44. The molecule has 0 aromatic heterocycles. The summed E-state index contributed by atoms with van der Waals surface area (Å²) in [6.07, 6.45) is 0.843. The largest absolute Gasteiger partial charge is 0.364 e. The number of hydrogen-bond acceptors (Lipinski definition) is 2. The highest BCUT2D eigenvalue weighted by atomic mass is 19.1. The summed E-state index contributed by atoms with van der Waals surface area (Å²) in [7, 11) is 0. The molecule has 1 aromatic rings. The van der Waals surface area contributed by atoms with Gasteiger partial charge in [0.2, 0.25) is 5.91 Å². The summed E-state index contributed by atoms with van der Waals surface area (Å²) >= 11 is 0. The molecule has 0 saturated carbocycles. The Bertz CT molecular complexity index is 457. The topological polar surface area (TPSA) is 42.8 Å². The summed E-state index contributed by atoms with van der Waals surface area (Å²) in [6, 6.07) is 6.21. The summed E-state index contributed by atoms with van der Waals surface area (Å²) < 4.78 is 19.1. The average Bonchev–Trinajstić information content (AvgIpc) is 2.38. The summed E-state index contributed by atoms with van der Waals surface area (Å²) in [6.45, 7) is 6.68. The minimum atomic E-state index is -0.401. The molecule has 0 aliphatic carbocycles. The van der Waals surface area contributed by atoms with E-state index in [1.165, 1.54) is 11.0 Å². The maximum absolute atomic E-state index is 13.4. The van der Waals surface area contributed by atoms with Crippen LogP contribution in [0.25, 0.3) is 0 Å². The lowest BCUT2D eigenvalue weighted by Crippen LogP contribution is -3.15. The fraction of sp³-hybridized carbons (Fsp3) is 0.533. The SMILES string of the molecule is C[C@H]1C[NH+](CCC(=O)Nc2ccccc2F)C[C@H](C)O1. The third-order valence-corrected chi connectivity index (χ3v) is 3.47. The van der Waals surface area contributed by atoms with E-state index in [9.17, 15) is 9.18 Å². The van der Waals surface area contributed by atoms with Crippen LogP contribution in [0.4, 0.5) is 10.1 Å². The summed E-state index contributed by atoms with van der Waals surface area (Å²) in [5.41, 5.74) is 0.246. The Morgan fingerprint density at radius 2 is 2.00 bits per heavy atom. The molecule has 0 spiro atoms. The van der Waals surface area contributed by atoms with Crippen molar-refractivity contribution in [2.45, 2.75) is 32.5 Å². The van der Waals surface area contributed by atoms with Gasteiger partial charge in [0, 0.05) is 0 Å². The maximum Gasteiger partial charge on any atom is 0.230 e. The van der Waals surface area contributed by atoms with Crippen molar-refractivity contribution < 1.29 is 18.8 Å². The van der Waals surface area contributed by atoms with E-state index in [0.717, 1.165) is 19.6 Å². The quantitative estimate of drug-likeness (QED) is 0.859. The van der Waals surface area contributed by atoms with Crippen LogP contribution in [0.3, 0.4) is 0 Å². The Morgan fingerprint density at radius 3 is 2.65 bits per heavy atom. The molecule has 4 nitrogen and oxygen atoms in total. The first-order chi connectivity index (χ1) is 9.54. The predicted octanol–water partition coefficient (Wildman–Crippen LogP) is 0.846. The van der Waals surface area contributed by atoms with Crippen molar-refractivity contribution in [2.24, 2.45) is 0 Å². The molecule has 110 valence electrons. The van der Waals surface area contributed by atoms with Gasteiger partial charge in [0.05, 0.1) is 18.7 Å². The zero-order chi connectivity index (χ0) is 14.5. The predicted molar refractivity (Wildman–Crippen MR) is 75.2 cm³/mol. The fourth-order valence-electron chi connectivity index (χ4n) is 2.66. The van der Waals surface area contributed by atoms with Gasteiger partial charge in [-0.15, -0.1) is 0 Å². The second-order valence-corrected chi connectivity index (χ2v) is 5.44. The van der Waals surface area contributed by atoms with E-state index in [0.29, 0.717) is 6.42 Å². The van der Waals surface area contributed by atoms with Crippen molar-refractivity contribution in [2.75, 3.05) is 25.0 Å². The number of benzene rings is 1. The summed E-state index contributed by atoms with van der Waals surface area (Å²) in [5.74, 6) is -0.545. The highest BCUT2D eigenvalue weighted by Crippen LogP contribution is 2.12. The molecule has 1 fully saturated rings. The van der Waals surface area contributed by atoms with Crippen LogP contribution in [0.2, 0.25) is 0 Å². The number of anilines is 1. The van der Waals surface area contributed by atoms with Gasteiger partial charge in [-0.2, -0.15) is 0 Å². The lowest BCUT2D eigenvalue weighted by molar-refractivity contribution is -0.914. The molecule has 0 unspecified atom stereocenters. The van der Waals surface area contributed by atoms with Crippen molar-refractivity contribution >= 4 is 11.6 Å². The van der Waals surface area contributed by atoms with Gasteiger partial charge in [-0.05, 0) is 26.0 Å². The number of hydrogen-bond donors (Lipinski definition) is 2. The third-order valence-electron chi connectivity index (χ3n) is 3.47. The number of rotatable bonds is 4. The molecule has 0 bridgehead atoms. The van der Waals surface area contributed by atoms with Gasteiger partial charge in [-0.3, -0.25) is 4.79 Å². The van der Waals surface area contributed by atoms with Gasteiger partial charge in [0.15, 0.2) is 0 Å². The van der Waals surface area contributed by atoms with Crippen LogP contribution in [0.1, 0.15) is 20.3 Å². The molecule has 1 aliphatic rings. The van der Waals surface area contributed by atoms with E-state index >= 15 is 0 Å². The number of halogens is 1. The van der Waals surface area contributed by atoms with E-state index in [1.54, 1.807) is 18.2 Å². The number of carbonyl (C=O) groups is 1. The van der Waals surface area contributed by atoms with Gasteiger partial charge >= 0.3 is 0 Å². The van der Waals surface area contributed by atoms with Gasteiger partial charge in [0.25, 0.3) is 0 Å². The molecule has 2 atom stereocenters. The molecule has 1 saturated heterocycles. The van der Waals surface area contributed by atoms with Crippen LogP contribution >= 0.6 is 0 Å². The minimum Gasteiger partial charge on any atom is -0.364 e. The first kappa shape index (κ1) is 14.9. The maximum atomic E-state index is 13.4. The number of quaternary nitrogens is 1. The van der Waals surface area contributed by atoms with Crippen LogP contribution in [0, 0.1) is 5.82 Å². The van der Waals surface area contributed by atoms with Gasteiger partial charge in [-0.1, -0.05) is 12.1 Å². The van der Waals surface area contributed by atoms with Crippen LogP contribution in [-0.2, 0) is 9.53 Å². The summed E-state index contributed by atoms with van der Waals surface area (Å²) in [5, 5.41) is 2.61. The average molecular weight is 281 g/mol. The number of carbonyl (C=O) groups excluding carboxylic acids is 1. The zero-order valence-electron chi connectivity index (χ0n) is 12.0. The normalized spacial score (nSPS) is 26.2. The van der Waals surface area contributed by atoms with Crippen molar-refractivity contribution in [3.63, 3.8) is 0 Å². The molecule has 2 N–H and O–H groups in total. The molecule has 1 heterocycles. The first-order valence-electron chi connectivity index (χ1n) is 7.08. The Balaban J connectivity index is 1.79. The molecule has 1 amide bonds. The number of para-hydroxylation sites is 1. The standard InChI is InChI=1S/C15H21FN2O2/c1-11-9-18(10-12(2)20-11)8-7-15(19)17-14-6-4-3-5-13(14)16/h3-6,11-12H,7-10H2,1-2H3,(H,17,19)/p+1/t11-,12-/m0/s1. The molecule has 1 aliphatic heterocycles. The molecular weight excluding hydrogens is 259 g/mol. The minimum absolute atomic E-state index is 0.144. The van der Waals surface area contributed by atoms with E-state index in [4.69, 9.17) is 4.74 Å². The third kappa shape index (κ3) is 4.28. The van der Waals surface area contributed by atoms with Crippen molar-refractivity contribution in [3.05, 3.63) is 30.1 Å². The Kier molecular flexibility index (Phi) is 5.09. The monoisotopic (exact) mass is 281 g/mol. The van der Waals surface area contributed by atoms with E-state index in [1.807, 2.05) is 0 Å². The van der Waals surface area contributed by atoms with Gasteiger partial charge in [-0.25, -0.2) is 4.39 Å². The van der Waals surface area contributed by atoms with E-state index < -0.39 is 5.82 Å². The van der Waals surface area contributed by atoms with Gasteiger partial charge in [0.1, 0.15) is 31.1 Å². The lowest BCUT2D eigenvalue weighted by atomic mass is 10.2. The highest BCUT2D eigenvalue weighted by molar-refractivity contribution is 5.90. The van der Waals surface area contributed by atoms with Crippen LogP contribution in [0.5, 0.6) is 0 Å². The van der Waals surface area contributed by atoms with Crippen molar-refractivity contribution in [1.29, 1.82) is 0 Å². The number of amides is 1. The Morgan fingerprint density at radius 1 is 1.35 bits per heavy atom. The Hall–Kier alpha value is -1.46. The van der Waals surface area contributed by atoms with Crippen molar-refractivity contribution in [1.82, 2.24) is 0 Å². The molecule has 0 radical (unpaired) electrons. The number of ether oxygens (including phenoxy) is 1. The number of nitrogens with one attached hydrogen (secondary N) is 2. The van der Waals surface area contributed by atoms with E-state index in [-0.39, 0.29) is 23.8 Å². The zero-order valence-corrected chi connectivity index (χ0v) is 12.0. The fourth-order valence-corrected chi connectivity index (χ4v) is 2.66. The van der Waals surface area contributed by atoms with Gasteiger partial charge < -0.3 is 15.0 Å². The first-order valence-corrected chi connectivity index (χ1v) is 7.08. The van der Waals surface area contributed by atoms with Crippen molar-refractivity contribution in [3.8, 4) is 0 Å². The molecule has 1 aromatic carbocycles. The van der Waals surface area contributed by atoms with Crippen LogP contribution < -0.4 is 10.2 Å². The van der Waals surface area contributed by atoms with E-state index in [2.05, 4.69) is 19.2 Å². The summed E-state index contributed by atoms with van der Waals surface area (Å²) in [4.78, 5) is 13.2. The second kappa shape index (κ2) is 6.81. The molecule has 5 heteroatoms.